The fourth-order valence-corrected chi connectivity index (χ4v) is 5.15. The first-order valence-corrected chi connectivity index (χ1v) is 10.9. The molecule has 8 heteroatoms. The SMILES string of the molecule is COCCn1c(N2CC[C@]3(CCc4ccc(C(=O)NO)cc4C3)C2=O)nc2ccccc21. The van der Waals surface area contributed by atoms with Gasteiger partial charge in [-0.2, -0.15) is 0 Å². The fraction of sp³-hybridized carbons (Fsp3) is 0.375. The van der Waals surface area contributed by atoms with Gasteiger partial charge in [-0.15, -0.1) is 0 Å². The van der Waals surface area contributed by atoms with E-state index in [1.54, 1.807) is 24.7 Å². The topological polar surface area (TPSA) is 96.7 Å². The molecule has 2 aliphatic rings. The Morgan fingerprint density at radius 1 is 1.22 bits per heavy atom. The monoisotopic (exact) mass is 434 g/mol. The van der Waals surface area contributed by atoms with Crippen LogP contribution in [0.15, 0.2) is 42.5 Å². The maximum Gasteiger partial charge on any atom is 0.274 e. The van der Waals surface area contributed by atoms with Crippen molar-refractivity contribution in [3.8, 4) is 0 Å². The van der Waals surface area contributed by atoms with Gasteiger partial charge in [-0.25, -0.2) is 10.5 Å². The smallest absolute Gasteiger partial charge is 0.274 e. The number of benzene rings is 2. The van der Waals surface area contributed by atoms with E-state index in [-0.39, 0.29) is 5.91 Å². The number of aryl methyl sites for hydroxylation is 1. The Morgan fingerprint density at radius 3 is 2.88 bits per heavy atom. The lowest BCUT2D eigenvalue weighted by Gasteiger charge is -2.33. The lowest BCUT2D eigenvalue weighted by atomic mass is 9.70. The van der Waals surface area contributed by atoms with Crippen LogP contribution in [-0.2, 0) is 28.9 Å². The molecule has 2 N–H and O–H groups in total. The summed E-state index contributed by atoms with van der Waals surface area (Å²) < 4.78 is 7.36. The van der Waals surface area contributed by atoms with Crippen molar-refractivity contribution < 1.29 is 19.5 Å². The van der Waals surface area contributed by atoms with Crippen molar-refractivity contribution in [2.45, 2.75) is 32.2 Å². The first-order valence-electron chi connectivity index (χ1n) is 10.9. The van der Waals surface area contributed by atoms with E-state index in [4.69, 9.17) is 14.9 Å². The second-order valence-corrected chi connectivity index (χ2v) is 8.63. The van der Waals surface area contributed by atoms with Gasteiger partial charge in [-0.1, -0.05) is 18.2 Å². The zero-order chi connectivity index (χ0) is 22.3. The quantitative estimate of drug-likeness (QED) is 0.475. The first-order chi connectivity index (χ1) is 15.6. The number of para-hydroxylation sites is 2. The lowest BCUT2D eigenvalue weighted by molar-refractivity contribution is -0.126. The molecule has 1 atom stereocenters. The Balaban J connectivity index is 1.48. The molecule has 0 saturated carbocycles. The minimum atomic E-state index is -0.543. The van der Waals surface area contributed by atoms with E-state index in [0.29, 0.717) is 37.6 Å². The third-order valence-electron chi connectivity index (χ3n) is 6.88. The molecule has 166 valence electrons. The van der Waals surface area contributed by atoms with E-state index >= 15 is 0 Å². The standard InChI is InChI=1S/C24H26N4O4/c1-32-13-12-27-20-5-3-2-4-19(20)25-23(27)28-11-10-24(22(28)30)9-8-16-6-7-17(21(29)26-31)14-18(16)15-24/h2-7,14,31H,8-13,15H2,1H3,(H,26,29)/t24-/m0/s1. The molecular weight excluding hydrogens is 408 g/mol. The predicted octanol–water partition coefficient (Wildman–Crippen LogP) is 2.71. The van der Waals surface area contributed by atoms with Crippen LogP contribution in [-0.4, -0.2) is 46.8 Å². The predicted molar refractivity (Wildman–Crippen MR) is 119 cm³/mol. The summed E-state index contributed by atoms with van der Waals surface area (Å²) in [4.78, 5) is 32.3. The molecule has 1 fully saturated rings. The van der Waals surface area contributed by atoms with Crippen LogP contribution < -0.4 is 10.4 Å². The number of hydroxylamine groups is 1. The average molecular weight is 434 g/mol. The van der Waals surface area contributed by atoms with Gasteiger partial charge in [0.1, 0.15) is 0 Å². The Bertz CT molecular complexity index is 1200. The van der Waals surface area contributed by atoms with Crippen molar-refractivity contribution in [2.75, 3.05) is 25.2 Å². The number of ether oxygens (including phenoxy) is 1. The van der Waals surface area contributed by atoms with Crippen LogP contribution in [0.2, 0.25) is 0 Å². The maximum atomic E-state index is 13.8. The Kier molecular flexibility index (Phi) is 5.19. The van der Waals surface area contributed by atoms with Crippen molar-refractivity contribution in [2.24, 2.45) is 5.41 Å². The Labute approximate surface area is 185 Å². The fourth-order valence-electron chi connectivity index (χ4n) is 5.15. The summed E-state index contributed by atoms with van der Waals surface area (Å²) >= 11 is 0. The van der Waals surface area contributed by atoms with Gasteiger partial charge in [0.05, 0.1) is 23.1 Å². The minimum absolute atomic E-state index is 0.0918. The summed E-state index contributed by atoms with van der Waals surface area (Å²) in [7, 11) is 1.67. The maximum absolute atomic E-state index is 13.8. The number of carbonyl (C=O) groups excluding carboxylic acids is 2. The highest BCUT2D eigenvalue weighted by Crippen LogP contribution is 2.45. The number of hydrogen-bond donors (Lipinski definition) is 2. The van der Waals surface area contributed by atoms with Gasteiger partial charge < -0.3 is 9.30 Å². The van der Waals surface area contributed by atoms with Crippen molar-refractivity contribution in [1.29, 1.82) is 0 Å². The summed E-state index contributed by atoms with van der Waals surface area (Å²) in [6, 6.07) is 13.3. The highest BCUT2D eigenvalue weighted by Gasteiger charge is 2.49. The van der Waals surface area contributed by atoms with Gasteiger partial charge in [-0.3, -0.25) is 19.7 Å². The van der Waals surface area contributed by atoms with Crippen molar-refractivity contribution in [3.63, 3.8) is 0 Å². The van der Waals surface area contributed by atoms with Crippen LogP contribution in [0.5, 0.6) is 0 Å². The molecule has 2 amide bonds. The molecule has 0 unspecified atom stereocenters. The molecule has 5 rings (SSSR count). The number of nitrogens with zero attached hydrogens (tertiary/aromatic N) is 3. The van der Waals surface area contributed by atoms with E-state index < -0.39 is 11.3 Å². The molecule has 0 bridgehead atoms. The summed E-state index contributed by atoms with van der Waals surface area (Å²) in [6.45, 7) is 1.76. The summed E-state index contributed by atoms with van der Waals surface area (Å²) in [6.07, 6.45) is 2.90. The van der Waals surface area contributed by atoms with Gasteiger partial charge in [0.25, 0.3) is 5.91 Å². The van der Waals surface area contributed by atoms with Crippen LogP contribution in [0, 0.1) is 5.41 Å². The molecule has 1 aliphatic heterocycles. The molecule has 3 aromatic rings. The lowest BCUT2D eigenvalue weighted by Crippen LogP contribution is -2.39. The van der Waals surface area contributed by atoms with Crippen molar-refractivity contribution in [3.05, 3.63) is 59.2 Å². The van der Waals surface area contributed by atoms with Crippen LogP contribution >= 0.6 is 0 Å². The van der Waals surface area contributed by atoms with Crippen molar-refractivity contribution >= 4 is 28.8 Å². The number of nitrogens with one attached hydrogen (secondary N) is 1. The zero-order valence-corrected chi connectivity index (χ0v) is 18.0. The van der Waals surface area contributed by atoms with Gasteiger partial charge in [0.15, 0.2) is 0 Å². The molecule has 1 saturated heterocycles. The van der Waals surface area contributed by atoms with E-state index in [0.717, 1.165) is 41.4 Å². The van der Waals surface area contributed by atoms with Gasteiger partial charge >= 0.3 is 0 Å². The number of imidazole rings is 1. The molecule has 2 heterocycles. The second-order valence-electron chi connectivity index (χ2n) is 8.63. The third kappa shape index (κ3) is 3.27. The van der Waals surface area contributed by atoms with Crippen LogP contribution in [0.3, 0.4) is 0 Å². The molecule has 1 aromatic heterocycles. The number of methoxy groups -OCH3 is 1. The van der Waals surface area contributed by atoms with Gasteiger partial charge in [0, 0.05) is 25.8 Å². The number of carbonyl (C=O) groups is 2. The number of hydrogen-bond acceptors (Lipinski definition) is 5. The van der Waals surface area contributed by atoms with Crippen LogP contribution in [0.1, 0.15) is 34.3 Å². The first kappa shape index (κ1) is 20.7. The zero-order valence-electron chi connectivity index (χ0n) is 18.0. The number of anilines is 1. The largest absolute Gasteiger partial charge is 0.383 e. The molecule has 8 nitrogen and oxygen atoms in total. The Hall–Kier alpha value is -3.23. The Morgan fingerprint density at radius 2 is 2.06 bits per heavy atom. The minimum Gasteiger partial charge on any atom is -0.383 e. The third-order valence-corrected chi connectivity index (χ3v) is 6.88. The summed E-state index contributed by atoms with van der Waals surface area (Å²) in [5.74, 6) is 0.220. The highest BCUT2D eigenvalue weighted by atomic mass is 16.5. The highest BCUT2D eigenvalue weighted by molar-refractivity contribution is 6.00. The molecule has 1 spiro atoms. The molecule has 0 radical (unpaired) electrons. The number of amides is 2. The van der Waals surface area contributed by atoms with Crippen LogP contribution in [0.4, 0.5) is 5.95 Å². The van der Waals surface area contributed by atoms with E-state index in [1.807, 2.05) is 35.2 Å². The van der Waals surface area contributed by atoms with Crippen LogP contribution in [0.25, 0.3) is 11.0 Å². The van der Waals surface area contributed by atoms with E-state index in [1.165, 1.54) is 0 Å². The molecule has 1 aliphatic carbocycles. The second kappa shape index (κ2) is 8.03. The van der Waals surface area contributed by atoms with Gasteiger partial charge in [0.2, 0.25) is 11.9 Å². The summed E-state index contributed by atoms with van der Waals surface area (Å²) in [5.41, 5.74) is 5.59. The van der Waals surface area contributed by atoms with E-state index in [2.05, 4.69) is 4.57 Å². The normalized spacial score (nSPS) is 20.2. The number of rotatable bonds is 5. The molecule has 32 heavy (non-hydrogen) atoms. The molecule has 2 aromatic carbocycles. The average Bonchev–Trinajstić information content (AvgIpc) is 3.34. The van der Waals surface area contributed by atoms with Crippen molar-refractivity contribution in [1.82, 2.24) is 15.0 Å². The van der Waals surface area contributed by atoms with Gasteiger partial charge in [-0.05, 0) is 61.1 Å². The number of fused-ring (bicyclic) bond motifs is 2. The number of aromatic nitrogens is 2. The molecular formula is C24H26N4O4. The summed E-state index contributed by atoms with van der Waals surface area (Å²) in [5, 5.41) is 8.97. The van der Waals surface area contributed by atoms with E-state index in [9.17, 15) is 9.59 Å².